The van der Waals surface area contributed by atoms with Gasteiger partial charge in [0.2, 0.25) is 0 Å². The zero-order chi connectivity index (χ0) is 12.3. The van der Waals surface area contributed by atoms with Gasteiger partial charge >= 0.3 is 0 Å². The van der Waals surface area contributed by atoms with Crippen molar-refractivity contribution in [3.63, 3.8) is 0 Å². The lowest BCUT2D eigenvalue weighted by Gasteiger charge is -2.13. The maximum Gasteiger partial charge on any atom is 0.0397 e. The molecule has 0 saturated heterocycles. The van der Waals surface area contributed by atoms with E-state index in [2.05, 4.69) is 55.5 Å². The minimum Gasteiger partial charge on any atom is -0.398 e. The summed E-state index contributed by atoms with van der Waals surface area (Å²) in [4.78, 5) is 0. The van der Waals surface area contributed by atoms with Gasteiger partial charge in [-0.3, -0.25) is 0 Å². The lowest BCUT2D eigenvalue weighted by Crippen LogP contribution is -1.92. The molecule has 0 amide bonds. The fourth-order valence-electron chi connectivity index (χ4n) is 3.04. The first-order valence-electron chi connectivity index (χ1n) is 6.18. The van der Waals surface area contributed by atoms with Crippen LogP contribution in [0.2, 0.25) is 0 Å². The Morgan fingerprint density at radius 3 is 2.17 bits per heavy atom. The van der Waals surface area contributed by atoms with Gasteiger partial charge in [-0.15, -0.1) is 0 Å². The monoisotopic (exact) mass is 231 g/mol. The summed E-state index contributed by atoms with van der Waals surface area (Å²) < 4.78 is 0. The first-order valence-corrected chi connectivity index (χ1v) is 6.18. The van der Waals surface area contributed by atoms with Gasteiger partial charge in [0.1, 0.15) is 0 Å². The predicted octanol–water partition coefficient (Wildman–Crippen LogP) is 4.47. The van der Waals surface area contributed by atoms with Crippen molar-refractivity contribution in [3.05, 3.63) is 54.1 Å². The van der Waals surface area contributed by atoms with Crippen LogP contribution in [0.3, 0.4) is 0 Å². The van der Waals surface area contributed by atoms with Crippen molar-refractivity contribution in [2.75, 3.05) is 5.73 Å². The normalized spacial score (nSPS) is 11.8. The van der Waals surface area contributed by atoms with Crippen LogP contribution in [0.4, 0.5) is 5.69 Å². The highest BCUT2D eigenvalue weighted by atomic mass is 14.6. The summed E-state index contributed by atoms with van der Waals surface area (Å²) in [5.74, 6) is 0. The molecule has 0 fully saturated rings. The van der Waals surface area contributed by atoms with Gasteiger partial charge in [-0.25, -0.2) is 0 Å². The molecule has 0 saturated carbocycles. The molecular formula is C17H13N. The molecule has 18 heavy (non-hydrogen) atoms. The number of hydrogen-bond donors (Lipinski definition) is 1. The van der Waals surface area contributed by atoms with E-state index in [0.717, 1.165) is 5.69 Å². The van der Waals surface area contributed by atoms with Crippen molar-refractivity contribution in [1.82, 2.24) is 0 Å². The molecule has 0 spiro atoms. The number of nitrogen functional groups attached to an aromatic ring is 1. The summed E-state index contributed by atoms with van der Waals surface area (Å²) in [6, 6.07) is 17.2. The second-order valence-electron chi connectivity index (χ2n) is 4.96. The SMILES string of the molecule is Cc1cc(N)c2ccc3cccc4ccc1c2c43. The second-order valence-corrected chi connectivity index (χ2v) is 4.96. The smallest absolute Gasteiger partial charge is 0.0397 e. The van der Waals surface area contributed by atoms with Crippen LogP contribution in [-0.4, -0.2) is 0 Å². The summed E-state index contributed by atoms with van der Waals surface area (Å²) >= 11 is 0. The van der Waals surface area contributed by atoms with E-state index in [1.165, 1.54) is 37.9 Å². The van der Waals surface area contributed by atoms with Crippen LogP contribution in [0.15, 0.2) is 48.5 Å². The highest BCUT2D eigenvalue weighted by Gasteiger charge is 2.10. The van der Waals surface area contributed by atoms with Crippen LogP contribution < -0.4 is 5.73 Å². The molecule has 0 heterocycles. The van der Waals surface area contributed by atoms with Gasteiger partial charge in [0.05, 0.1) is 0 Å². The number of anilines is 1. The first-order chi connectivity index (χ1) is 8.75. The molecule has 0 aromatic heterocycles. The van der Waals surface area contributed by atoms with Crippen molar-refractivity contribution in [2.45, 2.75) is 6.92 Å². The second kappa shape index (κ2) is 3.14. The van der Waals surface area contributed by atoms with Crippen molar-refractivity contribution in [3.8, 4) is 0 Å². The zero-order valence-electron chi connectivity index (χ0n) is 10.2. The summed E-state index contributed by atoms with van der Waals surface area (Å²) in [6.45, 7) is 2.13. The van der Waals surface area contributed by atoms with Crippen molar-refractivity contribution < 1.29 is 0 Å². The van der Waals surface area contributed by atoms with Crippen molar-refractivity contribution in [2.24, 2.45) is 0 Å². The standard InChI is InChI=1S/C17H13N/c1-10-9-15(18)14-8-6-12-4-2-3-11-5-7-13(10)17(14)16(11)12/h2-9H,18H2,1H3. The lowest BCUT2D eigenvalue weighted by molar-refractivity contribution is 1.54. The molecule has 4 aromatic carbocycles. The van der Waals surface area contributed by atoms with Gasteiger partial charge < -0.3 is 5.73 Å². The van der Waals surface area contributed by atoms with E-state index in [1.54, 1.807) is 0 Å². The Bertz CT molecular complexity index is 823. The van der Waals surface area contributed by atoms with Gasteiger partial charge in [-0.1, -0.05) is 42.5 Å². The molecule has 0 bridgehead atoms. The Morgan fingerprint density at radius 1 is 0.778 bits per heavy atom. The van der Waals surface area contributed by atoms with Gasteiger partial charge in [-0.2, -0.15) is 0 Å². The topological polar surface area (TPSA) is 26.0 Å². The van der Waals surface area contributed by atoms with Gasteiger partial charge in [0.25, 0.3) is 0 Å². The minimum atomic E-state index is 0.873. The number of aryl methyl sites for hydroxylation is 1. The fourth-order valence-corrected chi connectivity index (χ4v) is 3.04. The molecule has 0 aliphatic heterocycles. The van der Waals surface area contributed by atoms with Crippen molar-refractivity contribution >= 4 is 38.0 Å². The van der Waals surface area contributed by atoms with E-state index in [4.69, 9.17) is 5.73 Å². The average Bonchev–Trinajstić information content (AvgIpc) is 2.38. The minimum absolute atomic E-state index is 0.873. The van der Waals surface area contributed by atoms with E-state index < -0.39 is 0 Å². The molecule has 1 nitrogen and oxygen atoms in total. The van der Waals surface area contributed by atoms with E-state index >= 15 is 0 Å². The molecule has 0 radical (unpaired) electrons. The van der Waals surface area contributed by atoms with E-state index in [-0.39, 0.29) is 0 Å². The third kappa shape index (κ3) is 1.06. The molecule has 0 atom stereocenters. The molecular weight excluding hydrogens is 218 g/mol. The van der Waals surface area contributed by atoms with Gasteiger partial charge in [0.15, 0.2) is 0 Å². The highest BCUT2D eigenvalue weighted by Crippen LogP contribution is 2.38. The fraction of sp³-hybridized carbons (Fsp3) is 0.0588. The van der Waals surface area contributed by atoms with Crippen LogP contribution >= 0.6 is 0 Å². The predicted molar refractivity (Wildman–Crippen MR) is 79.3 cm³/mol. The Morgan fingerprint density at radius 2 is 1.44 bits per heavy atom. The Hall–Kier alpha value is -2.28. The number of benzene rings is 4. The maximum absolute atomic E-state index is 6.17. The van der Waals surface area contributed by atoms with Crippen LogP contribution in [-0.2, 0) is 0 Å². The Labute approximate surface area is 105 Å². The first kappa shape index (κ1) is 9.72. The number of nitrogens with two attached hydrogens (primary N) is 1. The van der Waals surface area contributed by atoms with E-state index in [1.807, 2.05) is 0 Å². The molecule has 0 aliphatic rings. The number of hydrogen-bond acceptors (Lipinski definition) is 1. The maximum atomic E-state index is 6.17. The summed E-state index contributed by atoms with van der Waals surface area (Å²) in [5, 5.41) is 7.70. The summed E-state index contributed by atoms with van der Waals surface area (Å²) in [7, 11) is 0. The third-order valence-corrected chi connectivity index (χ3v) is 3.88. The summed E-state index contributed by atoms with van der Waals surface area (Å²) in [6.07, 6.45) is 0. The number of rotatable bonds is 0. The third-order valence-electron chi connectivity index (χ3n) is 3.88. The largest absolute Gasteiger partial charge is 0.398 e. The molecule has 0 unspecified atom stereocenters. The van der Waals surface area contributed by atoms with Crippen LogP contribution in [0.5, 0.6) is 0 Å². The molecule has 1 heteroatoms. The van der Waals surface area contributed by atoms with E-state index in [0.29, 0.717) is 0 Å². The lowest BCUT2D eigenvalue weighted by atomic mass is 9.91. The Kier molecular flexibility index (Phi) is 1.69. The highest BCUT2D eigenvalue weighted by molar-refractivity contribution is 6.25. The average molecular weight is 231 g/mol. The molecule has 0 aliphatic carbocycles. The molecule has 4 aromatic rings. The van der Waals surface area contributed by atoms with Gasteiger partial charge in [-0.05, 0) is 45.5 Å². The van der Waals surface area contributed by atoms with Crippen LogP contribution in [0, 0.1) is 6.92 Å². The van der Waals surface area contributed by atoms with E-state index in [9.17, 15) is 0 Å². The Balaban J connectivity index is 2.48. The molecule has 4 rings (SSSR count). The van der Waals surface area contributed by atoms with Crippen LogP contribution in [0.1, 0.15) is 5.56 Å². The zero-order valence-corrected chi connectivity index (χ0v) is 10.2. The van der Waals surface area contributed by atoms with Gasteiger partial charge in [0, 0.05) is 11.1 Å². The van der Waals surface area contributed by atoms with Crippen LogP contribution in [0.25, 0.3) is 32.3 Å². The quantitative estimate of drug-likeness (QED) is 0.350. The summed E-state index contributed by atoms with van der Waals surface area (Å²) in [5.41, 5.74) is 8.29. The van der Waals surface area contributed by atoms with Crippen molar-refractivity contribution in [1.29, 1.82) is 0 Å². The molecule has 86 valence electrons. The molecule has 2 N–H and O–H groups in total.